The molecule has 1 saturated carbocycles. The SMILES string of the molecule is CCOc1ccccc1CNCC1(O)CCC(C)(C)CC1. The summed E-state index contributed by atoms with van der Waals surface area (Å²) in [7, 11) is 0. The van der Waals surface area contributed by atoms with Crippen molar-refractivity contribution in [2.75, 3.05) is 13.2 Å². The van der Waals surface area contributed by atoms with Gasteiger partial charge in [0.2, 0.25) is 0 Å². The van der Waals surface area contributed by atoms with Crippen LogP contribution in [0.25, 0.3) is 0 Å². The van der Waals surface area contributed by atoms with Crippen LogP contribution in [0.4, 0.5) is 0 Å². The first-order chi connectivity index (χ1) is 9.94. The maximum absolute atomic E-state index is 10.7. The number of ether oxygens (including phenoxy) is 1. The molecule has 21 heavy (non-hydrogen) atoms. The summed E-state index contributed by atoms with van der Waals surface area (Å²) < 4.78 is 5.63. The highest BCUT2D eigenvalue weighted by Gasteiger charge is 2.36. The first kappa shape index (κ1) is 16.3. The van der Waals surface area contributed by atoms with Crippen molar-refractivity contribution in [2.45, 2.75) is 58.6 Å². The Labute approximate surface area is 128 Å². The second kappa shape index (κ2) is 6.80. The minimum Gasteiger partial charge on any atom is -0.494 e. The largest absolute Gasteiger partial charge is 0.494 e. The van der Waals surface area contributed by atoms with Gasteiger partial charge in [-0.25, -0.2) is 0 Å². The maximum Gasteiger partial charge on any atom is 0.123 e. The van der Waals surface area contributed by atoms with E-state index in [4.69, 9.17) is 4.74 Å². The number of hydrogen-bond donors (Lipinski definition) is 2. The average Bonchev–Trinajstić information content (AvgIpc) is 2.45. The molecule has 1 fully saturated rings. The van der Waals surface area contributed by atoms with Crippen molar-refractivity contribution in [3.8, 4) is 5.75 Å². The average molecular weight is 291 g/mol. The minimum atomic E-state index is -0.546. The van der Waals surface area contributed by atoms with Crippen LogP contribution in [-0.2, 0) is 6.54 Å². The molecule has 1 aliphatic rings. The third kappa shape index (κ3) is 4.72. The molecule has 0 unspecified atom stereocenters. The standard InChI is InChI=1S/C18H29NO2/c1-4-21-16-8-6-5-7-15(16)13-19-14-18(20)11-9-17(2,3)10-12-18/h5-8,19-20H,4,9-14H2,1-3H3. The molecular formula is C18H29NO2. The van der Waals surface area contributed by atoms with Gasteiger partial charge in [0.25, 0.3) is 0 Å². The van der Waals surface area contributed by atoms with E-state index in [1.165, 1.54) is 0 Å². The van der Waals surface area contributed by atoms with E-state index >= 15 is 0 Å². The summed E-state index contributed by atoms with van der Waals surface area (Å²) in [5.41, 5.74) is 0.989. The van der Waals surface area contributed by atoms with Crippen molar-refractivity contribution in [1.82, 2.24) is 5.32 Å². The van der Waals surface area contributed by atoms with E-state index in [1.54, 1.807) is 0 Å². The third-order valence-electron chi connectivity index (χ3n) is 4.58. The minimum absolute atomic E-state index is 0.383. The molecule has 118 valence electrons. The van der Waals surface area contributed by atoms with Gasteiger partial charge in [-0.05, 0) is 44.1 Å². The Hall–Kier alpha value is -1.06. The fourth-order valence-corrected chi connectivity index (χ4v) is 2.94. The smallest absolute Gasteiger partial charge is 0.123 e. The molecule has 2 N–H and O–H groups in total. The molecular weight excluding hydrogens is 262 g/mol. The van der Waals surface area contributed by atoms with Crippen LogP contribution in [-0.4, -0.2) is 23.9 Å². The molecule has 1 aliphatic carbocycles. The Morgan fingerprint density at radius 2 is 1.81 bits per heavy atom. The summed E-state index contributed by atoms with van der Waals surface area (Å²) in [5.74, 6) is 0.935. The predicted octanol–water partition coefficient (Wildman–Crippen LogP) is 3.51. The number of aliphatic hydroxyl groups is 1. The number of benzene rings is 1. The van der Waals surface area contributed by atoms with E-state index in [0.29, 0.717) is 18.6 Å². The monoisotopic (exact) mass is 291 g/mol. The van der Waals surface area contributed by atoms with Crippen molar-refractivity contribution in [3.05, 3.63) is 29.8 Å². The highest BCUT2D eigenvalue weighted by molar-refractivity contribution is 5.33. The zero-order valence-corrected chi connectivity index (χ0v) is 13.6. The van der Waals surface area contributed by atoms with E-state index in [-0.39, 0.29) is 0 Å². The lowest BCUT2D eigenvalue weighted by Gasteiger charge is -2.40. The van der Waals surface area contributed by atoms with E-state index in [1.807, 2.05) is 25.1 Å². The second-order valence-corrected chi connectivity index (χ2v) is 7.03. The molecule has 1 aromatic rings. The summed E-state index contributed by atoms with van der Waals surface area (Å²) in [5, 5.41) is 14.1. The Kier molecular flexibility index (Phi) is 5.28. The zero-order valence-electron chi connectivity index (χ0n) is 13.6. The zero-order chi connectivity index (χ0) is 15.3. The quantitative estimate of drug-likeness (QED) is 0.843. The van der Waals surface area contributed by atoms with Crippen LogP contribution in [0.2, 0.25) is 0 Å². The van der Waals surface area contributed by atoms with Crippen LogP contribution >= 0.6 is 0 Å². The van der Waals surface area contributed by atoms with Crippen LogP contribution in [0, 0.1) is 5.41 Å². The van der Waals surface area contributed by atoms with E-state index in [9.17, 15) is 5.11 Å². The Bertz CT molecular complexity index is 446. The van der Waals surface area contributed by atoms with Crippen molar-refractivity contribution in [2.24, 2.45) is 5.41 Å². The molecule has 0 spiro atoms. The van der Waals surface area contributed by atoms with Gasteiger partial charge >= 0.3 is 0 Å². The van der Waals surface area contributed by atoms with E-state index < -0.39 is 5.60 Å². The number of rotatable bonds is 6. The van der Waals surface area contributed by atoms with Crippen molar-refractivity contribution < 1.29 is 9.84 Å². The molecule has 0 saturated heterocycles. The van der Waals surface area contributed by atoms with Crippen molar-refractivity contribution in [3.63, 3.8) is 0 Å². The molecule has 0 aliphatic heterocycles. The predicted molar refractivity (Wildman–Crippen MR) is 86.5 cm³/mol. The lowest BCUT2D eigenvalue weighted by atomic mass is 9.71. The Morgan fingerprint density at radius 3 is 2.48 bits per heavy atom. The highest BCUT2D eigenvalue weighted by Crippen LogP contribution is 2.39. The van der Waals surface area contributed by atoms with Gasteiger partial charge in [0, 0.05) is 18.7 Å². The molecule has 2 rings (SSSR count). The van der Waals surface area contributed by atoms with Crippen molar-refractivity contribution >= 4 is 0 Å². The lowest BCUT2D eigenvalue weighted by Crippen LogP contribution is -2.44. The first-order valence-electron chi connectivity index (χ1n) is 8.08. The highest BCUT2D eigenvalue weighted by atomic mass is 16.5. The van der Waals surface area contributed by atoms with Crippen LogP contribution in [0.1, 0.15) is 52.0 Å². The van der Waals surface area contributed by atoms with Gasteiger partial charge in [-0.15, -0.1) is 0 Å². The fourth-order valence-electron chi connectivity index (χ4n) is 2.94. The summed E-state index contributed by atoms with van der Waals surface area (Å²) in [6.07, 6.45) is 3.97. The molecule has 0 heterocycles. The van der Waals surface area contributed by atoms with Gasteiger partial charge in [0.1, 0.15) is 5.75 Å². The number of nitrogens with one attached hydrogen (secondary N) is 1. The summed E-state index contributed by atoms with van der Waals surface area (Å²) in [6.45, 7) is 8.65. The molecule has 0 amide bonds. The van der Waals surface area contributed by atoms with Gasteiger partial charge in [-0.1, -0.05) is 32.0 Å². The Morgan fingerprint density at radius 1 is 1.14 bits per heavy atom. The maximum atomic E-state index is 10.7. The molecule has 0 radical (unpaired) electrons. The van der Waals surface area contributed by atoms with Crippen LogP contribution in [0.5, 0.6) is 5.75 Å². The summed E-state index contributed by atoms with van der Waals surface area (Å²) in [4.78, 5) is 0. The van der Waals surface area contributed by atoms with E-state index in [2.05, 4.69) is 25.2 Å². The molecule has 3 nitrogen and oxygen atoms in total. The normalized spacial score (nSPS) is 20.2. The van der Waals surface area contributed by atoms with Gasteiger partial charge in [-0.2, -0.15) is 0 Å². The van der Waals surface area contributed by atoms with Gasteiger partial charge in [0.15, 0.2) is 0 Å². The second-order valence-electron chi connectivity index (χ2n) is 7.03. The summed E-state index contributed by atoms with van der Waals surface area (Å²) >= 11 is 0. The molecule has 0 aromatic heterocycles. The first-order valence-corrected chi connectivity index (χ1v) is 8.08. The van der Waals surface area contributed by atoms with Crippen molar-refractivity contribution in [1.29, 1.82) is 0 Å². The topological polar surface area (TPSA) is 41.5 Å². The number of para-hydroxylation sites is 1. The fraction of sp³-hybridized carbons (Fsp3) is 0.667. The van der Waals surface area contributed by atoms with Crippen LogP contribution in [0.15, 0.2) is 24.3 Å². The van der Waals surface area contributed by atoms with E-state index in [0.717, 1.165) is 43.5 Å². The van der Waals surface area contributed by atoms with Gasteiger partial charge < -0.3 is 15.2 Å². The van der Waals surface area contributed by atoms with Crippen LogP contribution in [0.3, 0.4) is 0 Å². The van der Waals surface area contributed by atoms with Crippen LogP contribution < -0.4 is 10.1 Å². The third-order valence-corrected chi connectivity index (χ3v) is 4.58. The molecule has 1 aromatic carbocycles. The molecule has 0 bridgehead atoms. The summed E-state index contributed by atoms with van der Waals surface area (Å²) in [6, 6.07) is 8.09. The van der Waals surface area contributed by atoms with Gasteiger partial charge in [0.05, 0.1) is 12.2 Å². The molecule has 3 heteroatoms. The lowest BCUT2D eigenvalue weighted by molar-refractivity contribution is -0.0245. The molecule has 0 atom stereocenters. The number of hydrogen-bond acceptors (Lipinski definition) is 3. The van der Waals surface area contributed by atoms with Gasteiger partial charge in [-0.3, -0.25) is 0 Å². The Balaban J connectivity index is 1.84.